The van der Waals surface area contributed by atoms with Gasteiger partial charge in [0.25, 0.3) is 0 Å². The molecule has 0 amide bonds. The smallest absolute Gasteiger partial charge is 0.194 e. The third-order valence-electron chi connectivity index (χ3n) is 6.09. The van der Waals surface area contributed by atoms with Gasteiger partial charge in [0.15, 0.2) is 17.5 Å². The van der Waals surface area contributed by atoms with Crippen molar-refractivity contribution in [1.29, 1.82) is 0 Å². The fraction of sp³-hybridized carbons (Fsp3) is 0.286. The van der Waals surface area contributed by atoms with E-state index in [9.17, 15) is 17.6 Å². The van der Waals surface area contributed by atoms with Gasteiger partial charge in [-0.1, -0.05) is 43.4 Å². The normalized spacial score (nSPS) is 15.1. The second kappa shape index (κ2) is 9.61. The van der Waals surface area contributed by atoms with Crippen LogP contribution in [-0.2, 0) is 19.3 Å². The first kappa shape index (κ1) is 22.1. The standard InChI is InChI=1S/C28H24F4/c1-2-3-4-18-8-12-24(25(29)14-18)23-11-10-21-13-19(7-9-22(21)17-23)5-6-20-15-26(30)28(32)27(31)16-20/h7-9,12-16,23H,2-4,10-11,17H2,1H3. The van der Waals surface area contributed by atoms with Crippen molar-refractivity contribution in [2.45, 2.75) is 51.4 Å². The van der Waals surface area contributed by atoms with Gasteiger partial charge in [0.2, 0.25) is 0 Å². The molecule has 0 fully saturated rings. The van der Waals surface area contributed by atoms with Crippen LogP contribution in [0.1, 0.15) is 65.5 Å². The van der Waals surface area contributed by atoms with Crippen molar-refractivity contribution in [2.24, 2.45) is 0 Å². The fourth-order valence-electron chi connectivity index (χ4n) is 4.31. The van der Waals surface area contributed by atoms with Crippen LogP contribution in [0.5, 0.6) is 0 Å². The summed E-state index contributed by atoms with van der Waals surface area (Å²) in [5, 5.41) is 0. The average Bonchev–Trinajstić information content (AvgIpc) is 2.79. The van der Waals surface area contributed by atoms with Crippen LogP contribution < -0.4 is 0 Å². The van der Waals surface area contributed by atoms with E-state index >= 15 is 0 Å². The number of hydrogen-bond acceptors (Lipinski definition) is 0. The summed E-state index contributed by atoms with van der Waals surface area (Å²) in [6.07, 6.45) is 5.49. The predicted octanol–water partition coefficient (Wildman–Crippen LogP) is 7.26. The Hall–Kier alpha value is -3.06. The van der Waals surface area contributed by atoms with E-state index in [0.29, 0.717) is 0 Å². The molecule has 0 bridgehead atoms. The molecule has 0 N–H and O–H groups in total. The van der Waals surface area contributed by atoms with Gasteiger partial charge in [-0.3, -0.25) is 0 Å². The minimum Gasteiger partial charge on any atom is -0.207 e. The third kappa shape index (κ3) is 4.88. The largest absolute Gasteiger partial charge is 0.207 e. The summed E-state index contributed by atoms with van der Waals surface area (Å²) in [4.78, 5) is 0. The molecule has 0 spiro atoms. The monoisotopic (exact) mass is 436 g/mol. The maximum atomic E-state index is 14.8. The molecule has 0 aromatic heterocycles. The quantitative estimate of drug-likeness (QED) is 0.229. The van der Waals surface area contributed by atoms with E-state index in [1.54, 1.807) is 6.07 Å². The Morgan fingerprint density at radius 3 is 2.28 bits per heavy atom. The molecule has 1 unspecified atom stereocenters. The minimum atomic E-state index is -1.49. The van der Waals surface area contributed by atoms with Crippen LogP contribution in [0, 0.1) is 35.1 Å². The lowest BCUT2D eigenvalue weighted by molar-refractivity contribution is 0.446. The predicted molar refractivity (Wildman–Crippen MR) is 119 cm³/mol. The number of benzene rings is 3. The van der Waals surface area contributed by atoms with Gasteiger partial charge in [0.05, 0.1) is 0 Å². The summed E-state index contributed by atoms with van der Waals surface area (Å²) in [5.41, 5.74) is 4.95. The number of halogens is 4. The first-order valence-electron chi connectivity index (χ1n) is 11.0. The van der Waals surface area contributed by atoms with E-state index in [2.05, 4.69) is 18.8 Å². The molecule has 164 valence electrons. The first-order valence-corrected chi connectivity index (χ1v) is 11.0. The van der Waals surface area contributed by atoms with Crippen LogP contribution in [0.25, 0.3) is 0 Å². The average molecular weight is 436 g/mol. The van der Waals surface area contributed by atoms with Crippen molar-refractivity contribution in [3.05, 3.63) is 105 Å². The molecule has 1 aliphatic carbocycles. The molecule has 1 atom stereocenters. The van der Waals surface area contributed by atoms with Crippen molar-refractivity contribution in [2.75, 3.05) is 0 Å². The highest BCUT2D eigenvalue weighted by Gasteiger charge is 2.23. The zero-order chi connectivity index (χ0) is 22.7. The van der Waals surface area contributed by atoms with Gasteiger partial charge in [0, 0.05) is 11.1 Å². The molecule has 4 heteroatoms. The molecule has 32 heavy (non-hydrogen) atoms. The lowest BCUT2D eigenvalue weighted by atomic mass is 9.79. The third-order valence-corrected chi connectivity index (χ3v) is 6.09. The zero-order valence-electron chi connectivity index (χ0n) is 18.0. The van der Waals surface area contributed by atoms with E-state index in [-0.39, 0.29) is 17.3 Å². The van der Waals surface area contributed by atoms with Gasteiger partial charge in [0.1, 0.15) is 5.82 Å². The topological polar surface area (TPSA) is 0 Å². The Morgan fingerprint density at radius 2 is 1.56 bits per heavy atom. The number of unbranched alkanes of at least 4 members (excludes halogenated alkanes) is 1. The van der Waals surface area contributed by atoms with Crippen LogP contribution in [-0.4, -0.2) is 0 Å². The maximum absolute atomic E-state index is 14.8. The Bertz CT molecular complexity index is 1180. The number of hydrogen-bond donors (Lipinski definition) is 0. The summed E-state index contributed by atoms with van der Waals surface area (Å²) >= 11 is 0. The maximum Gasteiger partial charge on any atom is 0.194 e. The van der Waals surface area contributed by atoms with E-state index in [0.717, 1.165) is 72.9 Å². The summed E-state index contributed by atoms with van der Waals surface area (Å²) in [6.45, 7) is 2.13. The zero-order valence-corrected chi connectivity index (χ0v) is 18.0. The highest BCUT2D eigenvalue weighted by atomic mass is 19.2. The van der Waals surface area contributed by atoms with Crippen molar-refractivity contribution >= 4 is 0 Å². The van der Waals surface area contributed by atoms with Gasteiger partial charge in [-0.2, -0.15) is 0 Å². The minimum absolute atomic E-state index is 0.0806. The lowest BCUT2D eigenvalue weighted by Crippen LogP contribution is -2.14. The van der Waals surface area contributed by atoms with Gasteiger partial charge >= 0.3 is 0 Å². The van der Waals surface area contributed by atoms with E-state index in [1.165, 1.54) is 5.56 Å². The van der Waals surface area contributed by atoms with Gasteiger partial charge < -0.3 is 0 Å². The molecule has 1 aliphatic rings. The van der Waals surface area contributed by atoms with Gasteiger partial charge in [-0.15, -0.1) is 0 Å². The van der Waals surface area contributed by atoms with Crippen molar-refractivity contribution in [3.8, 4) is 11.8 Å². The molecule has 0 nitrogen and oxygen atoms in total. The molecule has 0 heterocycles. The summed E-state index contributed by atoms with van der Waals surface area (Å²) < 4.78 is 54.6. The van der Waals surface area contributed by atoms with E-state index in [1.807, 2.05) is 30.3 Å². The van der Waals surface area contributed by atoms with Crippen molar-refractivity contribution < 1.29 is 17.6 Å². The molecule has 4 rings (SSSR count). The van der Waals surface area contributed by atoms with Crippen LogP contribution in [0.2, 0.25) is 0 Å². The fourth-order valence-corrected chi connectivity index (χ4v) is 4.31. The Kier molecular flexibility index (Phi) is 6.65. The molecule has 3 aromatic rings. The number of rotatable bonds is 4. The molecule has 0 radical (unpaired) electrons. The number of fused-ring (bicyclic) bond motifs is 1. The molecule has 0 saturated carbocycles. The molecule has 0 aliphatic heterocycles. The van der Waals surface area contributed by atoms with E-state index < -0.39 is 17.5 Å². The van der Waals surface area contributed by atoms with Crippen LogP contribution in [0.15, 0.2) is 48.5 Å². The summed E-state index contributed by atoms with van der Waals surface area (Å²) in [7, 11) is 0. The molecular weight excluding hydrogens is 412 g/mol. The summed E-state index contributed by atoms with van der Waals surface area (Å²) in [5.74, 6) is 1.61. The second-order valence-corrected chi connectivity index (χ2v) is 8.39. The summed E-state index contributed by atoms with van der Waals surface area (Å²) in [6, 6.07) is 13.3. The highest BCUT2D eigenvalue weighted by Crippen LogP contribution is 2.34. The van der Waals surface area contributed by atoms with Gasteiger partial charge in [-0.05, 0) is 90.6 Å². The SMILES string of the molecule is CCCCc1ccc(C2CCc3cc(C#Cc4cc(F)c(F)c(F)c4)ccc3C2)c(F)c1. The molecular formula is C28H24F4. The Labute approximate surface area is 186 Å². The number of aryl methyl sites for hydroxylation is 2. The highest BCUT2D eigenvalue weighted by molar-refractivity contribution is 5.47. The molecule has 0 saturated heterocycles. The molecule has 3 aromatic carbocycles. The Morgan fingerprint density at radius 1 is 0.812 bits per heavy atom. The van der Waals surface area contributed by atoms with Crippen LogP contribution in [0.3, 0.4) is 0 Å². The van der Waals surface area contributed by atoms with E-state index in [4.69, 9.17) is 0 Å². The second-order valence-electron chi connectivity index (χ2n) is 8.39. The van der Waals surface area contributed by atoms with Crippen LogP contribution >= 0.6 is 0 Å². The van der Waals surface area contributed by atoms with Crippen LogP contribution in [0.4, 0.5) is 17.6 Å². The lowest BCUT2D eigenvalue weighted by Gasteiger charge is -2.25. The first-order chi connectivity index (χ1) is 15.4. The van der Waals surface area contributed by atoms with Crippen molar-refractivity contribution in [3.63, 3.8) is 0 Å². The van der Waals surface area contributed by atoms with Gasteiger partial charge in [-0.25, -0.2) is 17.6 Å². The Balaban J connectivity index is 1.50. The van der Waals surface area contributed by atoms with Crippen molar-refractivity contribution in [1.82, 2.24) is 0 Å².